The predicted octanol–water partition coefficient (Wildman–Crippen LogP) is 3.77. The van der Waals surface area contributed by atoms with Crippen molar-refractivity contribution < 1.29 is 0 Å². The highest BCUT2D eigenvalue weighted by Crippen LogP contribution is 2.29. The maximum Gasteiger partial charge on any atom is 0.272 e. The van der Waals surface area contributed by atoms with Gasteiger partial charge in [0.2, 0.25) is 0 Å². The molecule has 6 heteroatoms. The average Bonchev–Trinajstić information content (AvgIpc) is 3.13. The second-order valence-corrected chi connectivity index (χ2v) is 8.07. The molecule has 5 rings (SSSR count). The van der Waals surface area contributed by atoms with E-state index in [0.29, 0.717) is 5.92 Å². The second-order valence-electron chi connectivity index (χ2n) is 8.07. The molecule has 4 heterocycles. The zero-order valence-electron chi connectivity index (χ0n) is 17.1. The first kappa shape index (κ1) is 18.8. The lowest BCUT2D eigenvalue weighted by molar-refractivity contribution is 0.203. The van der Waals surface area contributed by atoms with Crippen molar-refractivity contribution in [3.8, 4) is 11.3 Å². The highest BCUT2D eigenvalue weighted by atomic mass is 16.1. The molecule has 1 N–H and O–H groups in total. The Morgan fingerprint density at radius 2 is 1.90 bits per heavy atom. The Labute approximate surface area is 175 Å². The number of nitrogens with zero attached hydrogens (tertiary/aromatic N) is 4. The Hall–Kier alpha value is -3.25. The molecule has 1 aromatic carbocycles. The van der Waals surface area contributed by atoms with E-state index in [-0.39, 0.29) is 5.56 Å². The van der Waals surface area contributed by atoms with Crippen LogP contribution in [0.25, 0.3) is 16.9 Å². The number of rotatable bonds is 4. The Bertz CT molecular complexity index is 1210. The van der Waals surface area contributed by atoms with Gasteiger partial charge >= 0.3 is 0 Å². The molecule has 30 heavy (non-hydrogen) atoms. The Morgan fingerprint density at radius 3 is 2.63 bits per heavy atom. The van der Waals surface area contributed by atoms with E-state index >= 15 is 0 Å². The number of aromatic amines is 1. The molecule has 1 aliphatic rings. The van der Waals surface area contributed by atoms with Crippen LogP contribution in [0.2, 0.25) is 0 Å². The van der Waals surface area contributed by atoms with Crippen molar-refractivity contribution in [2.75, 3.05) is 13.1 Å². The Balaban J connectivity index is 1.38. The first-order chi connectivity index (χ1) is 14.7. The molecule has 1 fully saturated rings. The van der Waals surface area contributed by atoms with Crippen molar-refractivity contribution in [1.29, 1.82) is 0 Å². The van der Waals surface area contributed by atoms with E-state index in [9.17, 15) is 4.79 Å². The zero-order valence-corrected chi connectivity index (χ0v) is 17.1. The van der Waals surface area contributed by atoms with Crippen LogP contribution in [0.15, 0.2) is 65.7 Å². The Morgan fingerprint density at radius 1 is 1.10 bits per heavy atom. The van der Waals surface area contributed by atoms with Crippen molar-refractivity contribution >= 4 is 5.65 Å². The van der Waals surface area contributed by atoms with E-state index < -0.39 is 0 Å². The molecule has 0 radical (unpaired) electrons. The van der Waals surface area contributed by atoms with Gasteiger partial charge in [-0.15, -0.1) is 0 Å². The molecule has 4 aromatic rings. The molecule has 152 valence electrons. The lowest BCUT2D eigenvalue weighted by Gasteiger charge is -2.31. The summed E-state index contributed by atoms with van der Waals surface area (Å²) in [5.74, 6) is 0.322. The molecular formula is C24H25N5O. The summed E-state index contributed by atoms with van der Waals surface area (Å²) in [4.78, 5) is 24.4. The fraction of sp³-hybridized carbons (Fsp3) is 0.292. The van der Waals surface area contributed by atoms with Crippen LogP contribution >= 0.6 is 0 Å². The summed E-state index contributed by atoms with van der Waals surface area (Å²) < 4.78 is 1.57. The average molecular weight is 399 g/mol. The summed E-state index contributed by atoms with van der Waals surface area (Å²) in [6.07, 6.45) is 5.76. The Kier molecular flexibility index (Phi) is 4.93. The molecule has 1 aliphatic heterocycles. The van der Waals surface area contributed by atoms with Crippen molar-refractivity contribution in [3.05, 3.63) is 88.1 Å². The first-order valence-corrected chi connectivity index (χ1v) is 10.5. The van der Waals surface area contributed by atoms with E-state index in [1.807, 2.05) is 55.7 Å². The van der Waals surface area contributed by atoms with Crippen molar-refractivity contribution in [1.82, 2.24) is 24.5 Å². The van der Waals surface area contributed by atoms with Gasteiger partial charge in [0.1, 0.15) is 0 Å². The number of benzene rings is 1. The quantitative estimate of drug-likeness (QED) is 0.567. The third-order valence-electron chi connectivity index (χ3n) is 6.07. The van der Waals surface area contributed by atoms with Gasteiger partial charge in [0.05, 0.1) is 11.4 Å². The van der Waals surface area contributed by atoms with Crippen LogP contribution in [0, 0.1) is 6.92 Å². The third kappa shape index (κ3) is 3.55. The largest absolute Gasteiger partial charge is 0.299 e. The van der Waals surface area contributed by atoms with Gasteiger partial charge < -0.3 is 0 Å². The SMILES string of the molecule is Cc1c(-c2ccccc2)[nH]n2c(=O)cc(C3CCN(Cc4cccnc4)CC3)nc12. The minimum absolute atomic E-state index is 0.0435. The van der Waals surface area contributed by atoms with Gasteiger partial charge in [-0.3, -0.25) is 19.8 Å². The number of hydrogen-bond donors (Lipinski definition) is 1. The van der Waals surface area contributed by atoms with E-state index in [1.54, 1.807) is 10.6 Å². The van der Waals surface area contributed by atoms with Gasteiger partial charge in [0.15, 0.2) is 5.65 Å². The number of H-pyrrole nitrogens is 1. The summed E-state index contributed by atoms with van der Waals surface area (Å²) in [6, 6.07) is 15.9. The minimum atomic E-state index is -0.0435. The van der Waals surface area contributed by atoms with E-state index in [1.165, 1.54) is 5.56 Å². The molecule has 0 unspecified atom stereocenters. The molecular weight excluding hydrogens is 374 g/mol. The molecule has 6 nitrogen and oxygen atoms in total. The number of aryl methyl sites for hydroxylation is 1. The van der Waals surface area contributed by atoms with E-state index in [4.69, 9.17) is 4.98 Å². The number of hydrogen-bond acceptors (Lipinski definition) is 4. The summed E-state index contributed by atoms with van der Waals surface area (Å²) in [7, 11) is 0. The van der Waals surface area contributed by atoms with Crippen LogP contribution in [0.3, 0.4) is 0 Å². The van der Waals surface area contributed by atoms with Crippen LogP contribution in [0.5, 0.6) is 0 Å². The lowest BCUT2D eigenvalue weighted by Crippen LogP contribution is -2.33. The van der Waals surface area contributed by atoms with E-state index in [0.717, 1.165) is 60.6 Å². The highest BCUT2D eigenvalue weighted by molar-refractivity contribution is 5.70. The number of pyridine rings is 1. The number of likely N-dealkylation sites (tertiary alicyclic amines) is 1. The molecule has 0 aliphatic carbocycles. The summed E-state index contributed by atoms with van der Waals surface area (Å²) >= 11 is 0. The number of aromatic nitrogens is 4. The minimum Gasteiger partial charge on any atom is -0.299 e. The van der Waals surface area contributed by atoms with Crippen LogP contribution in [-0.4, -0.2) is 37.6 Å². The molecule has 0 bridgehead atoms. The smallest absolute Gasteiger partial charge is 0.272 e. The van der Waals surface area contributed by atoms with Crippen LogP contribution < -0.4 is 5.56 Å². The normalized spacial score (nSPS) is 15.6. The summed E-state index contributed by atoms with van der Waals surface area (Å²) in [6.45, 7) is 4.96. The summed E-state index contributed by atoms with van der Waals surface area (Å²) in [5, 5.41) is 3.24. The van der Waals surface area contributed by atoms with Gasteiger partial charge in [-0.2, -0.15) is 0 Å². The van der Waals surface area contributed by atoms with Gasteiger partial charge in [-0.05, 0) is 50.0 Å². The standard InChI is InChI=1S/C24H25N5O/c1-17-23(20-7-3-2-4-8-20)27-29-22(30)14-21(26-24(17)29)19-9-12-28(13-10-19)16-18-6-5-11-25-15-18/h2-8,11,14-15,19,27H,9-10,12-13,16H2,1H3. The lowest BCUT2D eigenvalue weighted by atomic mass is 9.93. The fourth-order valence-corrected chi connectivity index (χ4v) is 4.40. The number of nitrogens with one attached hydrogen (secondary N) is 1. The van der Waals surface area contributed by atoms with Crippen LogP contribution in [0.1, 0.15) is 35.6 Å². The summed E-state index contributed by atoms with van der Waals surface area (Å²) in [5.41, 5.74) is 5.86. The predicted molar refractivity (Wildman–Crippen MR) is 117 cm³/mol. The molecule has 3 aromatic heterocycles. The highest BCUT2D eigenvalue weighted by Gasteiger charge is 2.23. The number of fused-ring (bicyclic) bond motifs is 1. The molecule has 0 spiro atoms. The topological polar surface area (TPSA) is 66.3 Å². The molecule has 1 saturated heterocycles. The third-order valence-corrected chi connectivity index (χ3v) is 6.07. The van der Waals surface area contributed by atoms with Crippen molar-refractivity contribution in [2.45, 2.75) is 32.2 Å². The van der Waals surface area contributed by atoms with Crippen molar-refractivity contribution in [3.63, 3.8) is 0 Å². The first-order valence-electron chi connectivity index (χ1n) is 10.5. The number of piperidine rings is 1. The van der Waals surface area contributed by atoms with Gasteiger partial charge in [0.25, 0.3) is 5.56 Å². The van der Waals surface area contributed by atoms with Gasteiger partial charge in [-0.25, -0.2) is 9.50 Å². The van der Waals surface area contributed by atoms with Gasteiger partial charge in [0, 0.05) is 36.5 Å². The van der Waals surface area contributed by atoms with Crippen LogP contribution in [0.4, 0.5) is 0 Å². The molecule has 0 amide bonds. The monoisotopic (exact) mass is 399 g/mol. The zero-order chi connectivity index (χ0) is 20.5. The maximum absolute atomic E-state index is 12.8. The van der Waals surface area contributed by atoms with E-state index in [2.05, 4.69) is 21.0 Å². The van der Waals surface area contributed by atoms with Crippen LogP contribution in [-0.2, 0) is 6.54 Å². The fourth-order valence-electron chi connectivity index (χ4n) is 4.40. The maximum atomic E-state index is 12.8. The van der Waals surface area contributed by atoms with Gasteiger partial charge in [-0.1, -0.05) is 36.4 Å². The molecule has 0 saturated carbocycles. The second kappa shape index (κ2) is 7.88. The van der Waals surface area contributed by atoms with Crippen molar-refractivity contribution in [2.24, 2.45) is 0 Å². The molecule has 0 atom stereocenters.